The highest BCUT2D eigenvalue weighted by Gasteiger charge is 2.13. The second-order valence-electron chi connectivity index (χ2n) is 4.57. The lowest BCUT2D eigenvalue weighted by Gasteiger charge is -2.09. The number of rotatable bonds is 4. The van der Waals surface area contributed by atoms with E-state index in [0.717, 1.165) is 22.3 Å². The number of hydrogen-bond donors (Lipinski definition) is 1. The molecular formula is C14H13N5O2. The van der Waals surface area contributed by atoms with E-state index in [1.165, 1.54) is 10.7 Å². The molecule has 0 unspecified atom stereocenters. The second kappa shape index (κ2) is 5.20. The summed E-state index contributed by atoms with van der Waals surface area (Å²) in [5.41, 5.74) is 1.83. The number of nitrogens with one attached hydrogen (secondary N) is 1. The standard InChI is InChI=1S/C14H13N5O2/c1-15-14-11(8-10-4-2-3-5-12(10)16-14)9-18-7-6-13(17-18)19(20)21/h2-8H,9H2,1H3,(H,15,16). The Bertz CT molecular complexity index is 812. The predicted molar refractivity (Wildman–Crippen MR) is 79.3 cm³/mol. The molecule has 0 spiro atoms. The maximum atomic E-state index is 10.7. The van der Waals surface area contributed by atoms with Crippen LogP contribution in [0.15, 0.2) is 42.6 Å². The van der Waals surface area contributed by atoms with Crippen molar-refractivity contribution in [1.29, 1.82) is 0 Å². The fraction of sp³-hybridized carbons (Fsp3) is 0.143. The summed E-state index contributed by atoms with van der Waals surface area (Å²) in [6.07, 6.45) is 1.59. The van der Waals surface area contributed by atoms with Crippen LogP contribution < -0.4 is 5.32 Å². The van der Waals surface area contributed by atoms with Gasteiger partial charge >= 0.3 is 5.82 Å². The minimum Gasteiger partial charge on any atom is -0.373 e. The first kappa shape index (κ1) is 13.0. The molecule has 0 radical (unpaired) electrons. The first-order chi connectivity index (χ1) is 10.2. The van der Waals surface area contributed by atoms with Gasteiger partial charge in [-0.15, -0.1) is 0 Å². The third kappa shape index (κ3) is 2.53. The zero-order valence-electron chi connectivity index (χ0n) is 11.4. The van der Waals surface area contributed by atoms with Gasteiger partial charge < -0.3 is 15.4 Å². The smallest absolute Gasteiger partial charge is 0.373 e. The number of benzene rings is 1. The first-order valence-corrected chi connectivity index (χ1v) is 6.41. The topological polar surface area (TPSA) is 85.9 Å². The zero-order chi connectivity index (χ0) is 14.8. The number of aromatic nitrogens is 3. The van der Waals surface area contributed by atoms with E-state index in [1.807, 2.05) is 30.3 Å². The van der Waals surface area contributed by atoms with E-state index in [2.05, 4.69) is 15.4 Å². The summed E-state index contributed by atoms with van der Waals surface area (Å²) in [6, 6.07) is 11.2. The van der Waals surface area contributed by atoms with E-state index in [-0.39, 0.29) is 5.82 Å². The van der Waals surface area contributed by atoms with E-state index >= 15 is 0 Å². The molecule has 0 bridgehead atoms. The number of hydrogen-bond acceptors (Lipinski definition) is 5. The maximum absolute atomic E-state index is 10.7. The summed E-state index contributed by atoms with van der Waals surface area (Å²) >= 11 is 0. The minimum atomic E-state index is -0.506. The molecule has 0 amide bonds. The van der Waals surface area contributed by atoms with Gasteiger partial charge in [-0.2, -0.15) is 4.68 Å². The molecule has 21 heavy (non-hydrogen) atoms. The Morgan fingerprint density at radius 1 is 1.33 bits per heavy atom. The molecule has 0 saturated heterocycles. The molecule has 0 atom stereocenters. The second-order valence-corrected chi connectivity index (χ2v) is 4.57. The molecule has 3 rings (SSSR count). The van der Waals surface area contributed by atoms with Crippen LogP contribution in [0, 0.1) is 10.1 Å². The van der Waals surface area contributed by atoms with E-state index in [4.69, 9.17) is 0 Å². The Hall–Kier alpha value is -2.96. The van der Waals surface area contributed by atoms with E-state index in [0.29, 0.717) is 6.54 Å². The van der Waals surface area contributed by atoms with Gasteiger partial charge in [0.2, 0.25) is 0 Å². The van der Waals surface area contributed by atoms with Crippen LogP contribution in [0.5, 0.6) is 0 Å². The monoisotopic (exact) mass is 283 g/mol. The summed E-state index contributed by atoms with van der Waals surface area (Å²) < 4.78 is 1.53. The van der Waals surface area contributed by atoms with Gasteiger partial charge in [-0.25, -0.2) is 4.98 Å². The average molecular weight is 283 g/mol. The summed E-state index contributed by atoms with van der Waals surface area (Å²) in [4.78, 5) is 14.7. The van der Waals surface area contributed by atoms with Crippen LogP contribution in [0.25, 0.3) is 10.9 Å². The fourth-order valence-electron chi connectivity index (χ4n) is 2.21. The number of nitrogens with zero attached hydrogens (tertiary/aromatic N) is 4. The van der Waals surface area contributed by atoms with Crippen LogP contribution in [-0.4, -0.2) is 26.7 Å². The first-order valence-electron chi connectivity index (χ1n) is 6.41. The molecule has 0 aliphatic heterocycles. The van der Waals surface area contributed by atoms with E-state index in [1.54, 1.807) is 13.2 Å². The summed E-state index contributed by atoms with van der Waals surface area (Å²) in [5, 5.41) is 18.7. The third-order valence-electron chi connectivity index (χ3n) is 3.19. The lowest BCUT2D eigenvalue weighted by Crippen LogP contribution is -2.06. The third-order valence-corrected chi connectivity index (χ3v) is 3.19. The largest absolute Gasteiger partial charge is 0.389 e. The van der Waals surface area contributed by atoms with E-state index < -0.39 is 4.92 Å². The van der Waals surface area contributed by atoms with Gasteiger partial charge in [0.1, 0.15) is 5.82 Å². The van der Waals surface area contributed by atoms with Gasteiger partial charge in [-0.1, -0.05) is 18.2 Å². The van der Waals surface area contributed by atoms with Crippen LogP contribution in [0.2, 0.25) is 0 Å². The molecule has 2 heterocycles. The molecule has 0 fully saturated rings. The molecule has 0 aliphatic rings. The highest BCUT2D eigenvalue weighted by atomic mass is 16.6. The van der Waals surface area contributed by atoms with Crippen molar-refractivity contribution in [3.63, 3.8) is 0 Å². The Morgan fingerprint density at radius 2 is 2.14 bits per heavy atom. The van der Waals surface area contributed by atoms with Gasteiger partial charge in [-0.3, -0.25) is 0 Å². The number of anilines is 1. The SMILES string of the molecule is CNc1nc2ccccc2cc1Cn1ccc([N+](=O)[O-])n1. The van der Waals surface area contributed by atoms with Gasteiger partial charge in [0.25, 0.3) is 0 Å². The lowest BCUT2D eigenvalue weighted by atomic mass is 10.1. The summed E-state index contributed by atoms with van der Waals surface area (Å²) in [5.74, 6) is 0.585. The molecule has 106 valence electrons. The fourth-order valence-corrected chi connectivity index (χ4v) is 2.21. The zero-order valence-corrected chi connectivity index (χ0v) is 11.4. The molecule has 7 heteroatoms. The highest BCUT2D eigenvalue weighted by Crippen LogP contribution is 2.21. The molecule has 2 aromatic heterocycles. The molecular weight excluding hydrogens is 270 g/mol. The van der Waals surface area contributed by atoms with Crippen LogP contribution in [-0.2, 0) is 6.54 Å². The van der Waals surface area contributed by atoms with Crippen molar-refractivity contribution < 1.29 is 4.92 Å². The number of fused-ring (bicyclic) bond motifs is 1. The predicted octanol–water partition coefficient (Wildman–Crippen LogP) is 2.43. The Morgan fingerprint density at radius 3 is 2.86 bits per heavy atom. The molecule has 0 saturated carbocycles. The number of para-hydroxylation sites is 1. The van der Waals surface area contributed by atoms with Gasteiger partial charge in [0.05, 0.1) is 29.4 Å². The van der Waals surface area contributed by atoms with Gasteiger partial charge in [0, 0.05) is 18.0 Å². The quantitative estimate of drug-likeness (QED) is 0.587. The lowest BCUT2D eigenvalue weighted by molar-refractivity contribution is -0.389. The van der Waals surface area contributed by atoms with Crippen molar-refractivity contribution in [3.8, 4) is 0 Å². The molecule has 0 aliphatic carbocycles. The Labute approximate surface area is 120 Å². The normalized spacial score (nSPS) is 10.7. The minimum absolute atomic E-state index is 0.158. The van der Waals surface area contributed by atoms with Crippen LogP contribution in [0.3, 0.4) is 0 Å². The van der Waals surface area contributed by atoms with Gasteiger partial charge in [-0.05, 0) is 17.1 Å². The van der Waals surface area contributed by atoms with Crippen molar-refractivity contribution in [2.75, 3.05) is 12.4 Å². The maximum Gasteiger partial charge on any atom is 0.389 e. The Kier molecular flexibility index (Phi) is 3.23. The van der Waals surface area contributed by atoms with Crippen molar-refractivity contribution in [2.24, 2.45) is 0 Å². The molecule has 1 N–H and O–H groups in total. The van der Waals surface area contributed by atoms with E-state index in [9.17, 15) is 10.1 Å². The average Bonchev–Trinajstić information content (AvgIpc) is 2.95. The number of pyridine rings is 1. The van der Waals surface area contributed by atoms with Crippen molar-refractivity contribution in [1.82, 2.24) is 14.8 Å². The molecule has 3 aromatic rings. The Balaban J connectivity index is 2.00. The highest BCUT2D eigenvalue weighted by molar-refractivity contribution is 5.81. The van der Waals surface area contributed by atoms with Crippen LogP contribution >= 0.6 is 0 Å². The van der Waals surface area contributed by atoms with Crippen molar-refractivity contribution in [3.05, 3.63) is 58.3 Å². The molecule has 1 aromatic carbocycles. The van der Waals surface area contributed by atoms with Crippen molar-refractivity contribution >= 4 is 22.5 Å². The summed E-state index contributed by atoms with van der Waals surface area (Å²) in [6.45, 7) is 0.418. The van der Waals surface area contributed by atoms with Crippen LogP contribution in [0.4, 0.5) is 11.6 Å². The van der Waals surface area contributed by atoms with Gasteiger partial charge in [0.15, 0.2) is 0 Å². The van der Waals surface area contributed by atoms with Crippen molar-refractivity contribution in [2.45, 2.75) is 6.54 Å². The summed E-state index contributed by atoms with van der Waals surface area (Å²) in [7, 11) is 1.80. The van der Waals surface area contributed by atoms with Crippen LogP contribution in [0.1, 0.15) is 5.56 Å². The molecule has 7 nitrogen and oxygen atoms in total. The number of nitro groups is 1.